The number of aryl methyl sites for hydroxylation is 2. The number of ether oxygens (including phenoxy) is 1. The van der Waals surface area contributed by atoms with Crippen molar-refractivity contribution < 1.29 is 14.3 Å². The van der Waals surface area contributed by atoms with Crippen molar-refractivity contribution in [1.29, 1.82) is 0 Å². The molecule has 0 radical (unpaired) electrons. The van der Waals surface area contributed by atoms with Gasteiger partial charge >= 0.3 is 5.97 Å². The minimum atomic E-state index is -0.457. The lowest BCUT2D eigenvalue weighted by molar-refractivity contribution is -0.147. The van der Waals surface area contributed by atoms with E-state index < -0.39 is 5.97 Å². The fourth-order valence-electron chi connectivity index (χ4n) is 3.04. The molecule has 1 aliphatic carbocycles. The number of hydrogen-bond acceptors (Lipinski definition) is 7. The minimum Gasteiger partial charge on any atom is -0.462 e. The summed E-state index contributed by atoms with van der Waals surface area (Å²) in [5, 5.41) is 3.26. The second-order valence-corrected chi connectivity index (χ2v) is 8.78. The first kappa shape index (κ1) is 19.9. The summed E-state index contributed by atoms with van der Waals surface area (Å²) in [6.07, 6.45) is 4.06. The Balaban J connectivity index is 1.54. The van der Waals surface area contributed by atoms with Crippen LogP contribution in [0.25, 0.3) is 10.2 Å². The normalized spacial score (nSPS) is 13.6. The van der Waals surface area contributed by atoms with Gasteiger partial charge in [0, 0.05) is 4.88 Å². The summed E-state index contributed by atoms with van der Waals surface area (Å²) in [6.45, 7) is 3.37. The van der Waals surface area contributed by atoms with Crippen molar-refractivity contribution in [2.24, 2.45) is 0 Å². The Morgan fingerprint density at radius 2 is 2.11 bits per heavy atom. The Labute approximate surface area is 165 Å². The molecular weight excluding hydrogens is 386 g/mol. The molecule has 7 nitrogen and oxygen atoms in total. The number of nitrogens with zero attached hydrogens (tertiary/aromatic N) is 1. The highest BCUT2D eigenvalue weighted by Gasteiger charge is 2.19. The fraction of sp³-hybridized carbons (Fsp3) is 0.556. The molecule has 0 bridgehead atoms. The van der Waals surface area contributed by atoms with Crippen molar-refractivity contribution in [2.75, 3.05) is 12.3 Å². The summed E-state index contributed by atoms with van der Waals surface area (Å²) in [6, 6.07) is 0. The first-order valence-corrected chi connectivity index (χ1v) is 11.0. The maximum atomic E-state index is 12.5. The molecule has 2 heterocycles. The summed E-state index contributed by atoms with van der Waals surface area (Å²) in [5.74, 6) is 0.468. The average Bonchev–Trinajstić information content (AvgIpc) is 2.98. The Kier molecular flexibility index (Phi) is 6.54. The van der Waals surface area contributed by atoms with Gasteiger partial charge in [-0.1, -0.05) is 0 Å². The summed E-state index contributed by atoms with van der Waals surface area (Å²) >= 11 is 2.95. The van der Waals surface area contributed by atoms with Gasteiger partial charge < -0.3 is 15.0 Å². The number of amides is 1. The van der Waals surface area contributed by atoms with Crippen LogP contribution < -0.4 is 10.9 Å². The van der Waals surface area contributed by atoms with E-state index in [-0.39, 0.29) is 29.9 Å². The molecule has 2 aromatic heterocycles. The third-order valence-corrected chi connectivity index (χ3v) is 6.27. The number of fused-ring (bicyclic) bond motifs is 3. The van der Waals surface area contributed by atoms with Crippen molar-refractivity contribution in [3.05, 3.63) is 26.6 Å². The number of esters is 1. The van der Waals surface area contributed by atoms with Crippen LogP contribution in [0.1, 0.15) is 43.0 Å². The van der Waals surface area contributed by atoms with Crippen molar-refractivity contribution >= 4 is 45.2 Å². The molecule has 1 aliphatic rings. The monoisotopic (exact) mass is 409 g/mol. The van der Waals surface area contributed by atoms with Gasteiger partial charge in [0.15, 0.2) is 0 Å². The van der Waals surface area contributed by atoms with Crippen molar-refractivity contribution in [3.8, 4) is 0 Å². The van der Waals surface area contributed by atoms with E-state index in [1.807, 2.05) is 0 Å². The van der Waals surface area contributed by atoms with Gasteiger partial charge in [-0.05, 0) is 45.1 Å². The smallest absolute Gasteiger partial charge is 0.325 e. The van der Waals surface area contributed by atoms with E-state index in [1.165, 1.54) is 28.6 Å². The Hall–Kier alpha value is -1.87. The van der Waals surface area contributed by atoms with Crippen molar-refractivity contribution in [1.82, 2.24) is 15.3 Å². The number of hydrogen-bond donors (Lipinski definition) is 2. The summed E-state index contributed by atoms with van der Waals surface area (Å²) in [7, 11) is 0. The highest BCUT2D eigenvalue weighted by atomic mass is 32.2. The van der Waals surface area contributed by atoms with Crippen LogP contribution in [-0.4, -0.2) is 40.2 Å². The molecule has 0 unspecified atom stereocenters. The highest BCUT2D eigenvalue weighted by Crippen LogP contribution is 2.33. The van der Waals surface area contributed by atoms with Crippen molar-refractivity contribution in [3.63, 3.8) is 0 Å². The number of thiophene rings is 1. The van der Waals surface area contributed by atoms with Crippen LogP contribution in [0, 0.1) is 0 Å². The molecule has 2 N–H and O–H groups in total. The summed E-state index contributed by atoms with van der Waals surface area (Å²) in [5.41, 5.74) is 1.08. The van der Waals surface area contributed by atoms with E-state index in [2.05, 4.69) is 15.3 Å². The Morgan fingerprint density at radius 3 is 2.89 bits per heavy atom. The molecule has 3 rings (SSSR count). The molecule has 27 heavy (non-hydrogen) atoms. The van der Waals surface area contributed by atoms with Crippen LogP contribution in [0.4, 0.5) is 0 Å². The molecule has 0 atom stereocenters. The Morgan fingerprint density at radius 1 is 1.33 bits per heavy atom. The standard InChI is InChI=1S/C18H23N3O4S2/c1-10(2)25-15(23)7-19-14(22)9-26-8-13-20-17(24)16-11-5-3-4-6-12(11)27-18(16)21-13/h10H,3-9H2,1-2H3,(H,19,22)(H,20,21,24). The second kappa shape index (κ2) is 8.88. The summed E-state index contributed by atoms with van der Waals surface area (Å²) in [4.78, 5) is 45.2. The Bertz CT molecular complexity index is 904. The number of nitrogens with one attached hydrogen (secondary N) is 2. The number of rotatable bonds is 7. The van der Waals surface area contributed by atoms with Crippen molar-refractivity contribution in [2.45, 2.75) is 51.4 Å². The quantitative estimate of drug-likeness (QED) is 0.680. The molecule has 0 spiro atoms. The van der Waals surface area contributed by atoms with Crippen LogP contribution in [-0.2, 0) is 32.9 Å². The zero-order valence-electron chi connectivity index (χ0n) is 15.4. The third-order valence-electron chi connectivity index (χ3n) is 4.14. The highest BCUT2D eigenvalue weighted by molar-refractivity contribution is 7.99. The molecule has 1 amide bonds. The van der Waals surface area contributed by atoms with Crippen LogP contribution >= 0.6 is 23.1 Å². The molecule has 0 fully saturated rings. The molecule has 2 aromatic rings. The average molecular weight is 410 g/mol. The minimum absolute atomic E-state index is 0.0871. The molecule has 0 aliphatic heterocycles. The van der Waals surface area contributed by atoms with E-state index in [4.69, 9.17) is 4.74 Å². The first-order chi connectivity index (χ1) is 12.9. The van der Waals surface area contributed by atoms with Gasteiger partial charge in [-0.15, -0.1) is 23.1 Å². The zero-order chi connectivity index (χ0) is 19.4. The lowest BCUT2D eigenvalue weighted by atomic mass is 9.97. The number of aromatic amines is 1. The van der Waals surface area contributed by atoms with Gasteiger partial charge in [-0.2, -0.15) is 0 Å². The number of aromatic nitrogens is 2. The third kappa shape index (κ3) is 5.10. The first-order valence-electron chi connectivity index (χ1n) is 9.01. The number of carbonyl (C=O) groups excluding carboxylic acids is 2. The SMILES string of the molecule is CC(C)OC(=O)CNC(=O)CSCc1nc2sc3c(c2c(=O)[nH]1)CCCC3. The second-order valence-electron chi connectivity index (χ2n) is 6.71. The molecular formula is C18H23N3O4S2. The van der Waals surface area contributed by atoms with Gasteiger partial charge in [0.05, 0.1) is 23.0 Å². The van der Waals surface area contributed by atoms with Crippen LogP contribution in [0.3, 0.4) is 0 Å². The summed E-state index contributed by atoms with van der Waals surface area (Å²) < 4.78 is 4.95. The molecule has 0 aromatic carbocycles. The number of H-pyrrole nitrogens is 1. The maximum absolute atomic E-state index is 12.5. The fourth-order valence-corrected chi connectivity index (χ4v) is 5.04. The number of thioether (sulfide) groups is 1. The van der Waals surface area contributed by atoms with E-state index in [1.54, 1.807) is 25.2 Å². The predicted octanol–water partition coefficient (Wildman–Crippen LogP) is 2.16. The van der Waals surface area contributed by atoms with E-state index in [0.29, 0.717) is 11.6 Å². The molecule has 0 saturated carbocycles. The lowest BCUT2D eigenvalue weighted by Gasteiger charge is -2.09. The lowest BCUT2D eigenvalue weighted by Crippen LogP contribution is -2.32. The van der Waals surface area contributed by atoms with Crippen LogP contribution in [0.2, 0.25) is 0 Å². The zero-order valence-corrected chi connectivity index (χ0v) is 17.1. The van der Waals surface area contributed by atoms with E-state index in [9.17, 15) is 14.4 Å². The molecule has 146 valence electrons. The van der Waals surface area contributed by atoms with Crippen LogP contribution in [0.5, 0.6) is 0 Å². The largest absolute Gasteiger partial charge is 0.462 e. The van der Waals surface area contributed by atoms with Gasteiger partial charge in [0.25, 0.3) is 5.56 Å². The van der Waals surface area contributed by atoms with Gasteiger partial charge in [-0.25, -0.2) is 4.98 Å². The van der Waals surface area contributed by atoms with Gasteiger partial charge in [0.1, 0.15) is 17.2 Å². The molecule has 9 heteroatoms. The predicted molar refractivity (Wildman–Crippen MR) is 107 cm³/mol. The van der Waals surface area contributed by atoms with E-state index in [0.717, 1.165) is 29.5 Å². The maximum Gasteiger partial charge on any atom is 0.325 e. The van der Waals surface area contributed by atoms with Crippen LogP contribution in [0.15, 0.2) is 4.79 Å². The molecule has 0 saturated heterocycles. The van der Waals surface area contributed by atoms with Gasteiger partial charge in [0.2, 0.25) is 5.91 Å². The van der Waals surface area contributed by atoms with Gasteiger partial charge in [-0.3, -0.25) is 14.4 Å². The number of carbonyl (C=O) groups is 2. The topological polar surface area (TPSA) is 101 Å². The van der Waals surface area contributed by atoms with E-state index >= 15 is 0 Å².